The second-order valence-corrected chi connectivity index (χ2v) is 31.3. The third kappa shape index (κ3) is 20.2. The Morgan fingerprint density at radius 3 is 1.03 bits per heavy atom. The minimum Gasteiger partial charge on any atom is -0.372 e. The van der Waals surface area contributed by atoms with E-state index in [-0.39, 0.29) is 0 Å². The highest BCUT2D eigenvalue weighted by atomic mass is 79.9. The maximum Gasteiger partial charge on any atom is 0.0789 e. The molecule has 2 nitrogen and oxygen atoms in total. The first-order valence-electron chi connectivity index (χ1n) is 22.3. The number of hydrogen-bond acceptors (Lipinski definition) is 14. The van der Waals surface area contributed by atoms with Crippen LogP contribution in [-0.2, 0) is 22.7 Å². The summed E-state index contributed by atoms with van der Waals surface area (Å²) in [6.45, 7) is 11.5. The Hall–Kier alpha value is 2.74. The smallest absolute Gasteiger partial charge is 0.0789 e. The molecular formula is C46H64Br2O2S12. The molecule has 0 saturated carbocycles. The van der Waals surface area contributed by atoms with Crippen molar-refractivity contribution in [2.45, 2.75) is 144 Å². The van der Waals surface area contributed by atoms with Gasteiger partial charge in [-0.15, -0.1) is 47.0 Å². The van der Waals surface area contributed by atoms with Gasteiger partial charge in [-0.05, 0) is 115 Å². The van der Waals surface area contributed by atoms with E-state index in [1.807, 2.05) is 94.1 Å². The molecule has 62 heavy (non-hydrogen) atoms. The van der Waals surface area contributed by atoms with Crippen molar-refractivity contribution in [1.82, 2.24) is 0 Å². The summed E-state index contributed by atoms with van der Waals surface area (Å²) in [6, 6.07) is 4.37. The van der Waals surface area contributed by atoms with E-state index in [0.29, 0.717) is 26.4 Å². The summed E-state index contributed by atoms with van der Waals surface area (Å²) in [7, 11) is 0. The van der Waals surface area contributed by atoms with Crippen LogP contribution in [0.3, 0.4) is 0 Å². The molecule has 0 bridgehead atoms. The molecule has 0 radical (unpaired) electrons. The molecule has 1 aromatic rings. The van der Waals surface area contributed by atoms with E-state index in [1.54, 1.807) is 0 Å². The van der Waals surface area contributed by atoms with Crippen LogP contribution < -0.4 is 0 Å². The Bertz CT molecular complexity index is 1580. The molecule has 0 unspecified atom stereocenters. The number of unbranched alkanes of at least 4 members (excludes halogenated alkanes) is 12. The summed E-state index contributed by atoms with van der Waals surface area (Å²) in [4.78, 5) is 2.58. The summed E-state index contributed by atoms with van der Waals surface area (Å²) in [5.74, 6) is 4.91. The van der Waals surface area contributed by atoms with E-state index >= 15 is 0 Å². The van der Waals surface area contributed by atoms with E-state index in [4.69, 9.17) is 9.47 Å². The van der Waals surface area contributed by atoms with Crippen LogP contribution in [0.15, 0.2) is 75.6 Å². The normalized spacial score (nSPS) is 16.9. The van der Waals surface area contributed by atoms with Gasteiger partial charge in [0.25, 0.3) is 0 Å². The number of rotatable bonds is 32. The predicted molar refractivity (Wildman–Crippen MR) is 313 cm³/mol. The first-order valence-corrected chi connectivity index (χ1v) is 34.5. The maximum atomic E-state index is 6.43. The van der Waals surface area contributed by atoms with Crippen LogP contribution >= 0.6 is 173 Å². The first-order chi connectivity index (χ1) is 30.4. The highest BCUT2D eigenvalue weighted by Crippen LogP contribution is 2.64. The van der Waals surface area contributed by atoms with Crippen LogP contribution in [0, 0.1) is 0 Å². The Balaban J connectivity index is 1.08. The van der Waals surface area contributed by atoms with Gasteiger partial charge in [-0.1, -0.05) is 199 Å². The van der Waals surface area contributed by atoms with Gasteiger partial charge in [0.15, 0.2) is 0 Å². The van der Waals surface area contributed by atoms with Crippen molar-refractivity contribution in [2.75, 3.05) is 36.2 Å². The topological polar surface area (TPSA) is 18.5 Å². The lowest BCUT2D eigenvalue weighted by Crippen LogP contribution is -2.03. The zero-order chi connectivity index (χ0) is 43.8. The molecular weight excluding hydrogens is 1130 g/mol. The van der Waals surface area contributed by atoms with Crippen LogP contribution in [0.2, 0.25) is 0 Å². The van der Waals surface area contributed by atoms with Crippen molar-refractivity contribution in [1.29, 1.82) is 0 Å². The molecule has 5 rings (SSSR count). The molecule has 0 saturated heterocycles. The van der Waals surface area contributed by atoms with Crippen molar-refractivity contribution in [2.24, 2.45) is 0 Å². The van der Waals surface area contributed by atoms with Gasteiger partial charge in [0.05, 0.1) is 60.3 Å². The molecule has 1 aromatic carbocycles. The molecule has 0 spiro atoms. The Labute approximate surface area is 443 Å². The lowest BCUT2D eigenvalue weighted by Gasteiger charge is -2.13. The maximum absolute atomic E-state index is 6.43. The second-order valence-electron chi connectivity index (χ2n) is 15.0. The highest BCUT2D eigenvalue weighted by Gasteiger charge is 2.29. The largest absolute Gasteiger partial charge is 0.372 e. The minimum absolute atomic E-state index is 0.546. The lowest BCUT2D eigenvalue weighted by molar-refractivity contribution is 0.132. The highest BCUT2D eigenvalue weighted by molar-refractivity contribution is 9.13. The van der Waals surface area contributed by atoms with Crippen LogP contribution in [0.5, 0.6) is 0 Å². The summed E-state index contributed by atoms with van der Waals surface area (Å²) < 4.78 is 26.8. The molecule has 16 heteroatoms. The van der Waals surface area contributed by atoms with Gasteiger partial charge in [0.2, 0.25) is 0 Å². The molecule has 0 fully saturated rings. The number of hydrogen-bond donors (Lipinski definition) is 0. The fourth-order valence-electron chi connectivity index (χ4n) is 6.14. The third-order valence-electron chi connectivity index (χ3n) is 9.62. The lowest BCUT2D eigenvalue weighted by atomic mass is 10.1. The molecule has 4 aliphatic heterocycles. The van der Waals surface area contributed by atoms with E-state index in [1.165, 1.54) is 169 Å². The number of thioether (sulfide) groups is 12. The van der Waals surface area contributed by atoms with E-state index in [2.05, 4.69) is 130 Å². The zero-order valence-corrected chi connectivity index (χ0v) is 49.7. The van der Waals surface area contributed by atoms with E-state index in [9.17, 15) is 0 Å². The molecule has 0 atom stereocenters. The molecule has 346 valence electrons. The monoisotopic (exact) mass is 1190 g/mol. The van der Waals surface area contributed by atoms with Gasteiger partial charge < -0.3 is 9.47 Å². The summed E-state index contributed by atoms with van der Waals surface area (Å²) in [5.41, 5.74) is 2.33. The SMILES string of the molecule is CCCCCCSC1=C(SCCCCCC)SC(=C2SC=C(COCc3cc(Br)c(Br)cc3COCC3=CSC(=C4SC(SCCCCCC)=C(SCCCCCC)S4)S3)S2)S1. The number of benzene rings is 1. The van der Waals surface area contributed by atoms with Gasteiger partial charge in [0.1, 0.15) is 0 Å². The molecule has 4 heterocycles. The Morgan fingerprint density at radius 2 is 0.726 bits per heavy atom. The van der Waals surface area contributed by atoms with Gasteiger partial charge >= 0.3 is 0 Å². The first kappa shape index (κ1) is 55.7. The molecule has 0 aromatic heterocycles. The average Bonchev–Trinajstić information content (AvgIpc) is 4.10. The van der Waals surface area contributed by atoms with Gasteiger partial charge in [-0.2, -0.15) is 0 Å². The van der Waals surface area contributed by atoms with Crippen molar-refractivity contribution in [3.63, 3.8) is 0 Å². The number of halogens is 2. The van der Waals surface area contributed by atoms with Gasteiger partial charge in [-0.25, -0.2) is 0 Å². The van der Waals surface area contributed by atoms with Gasteiger partial charge in [0, 0.05) is 18.8 Å². The zero-order valence-electron chi connectivity index (χ0n) is 36.8. The van der Waals surface area contributed by atoms with Crippen molar-refractivity contribution >= 4 is 173 Å². The fraction of sp³-hybridized carbons (Fsp3) is 0.609. The Morgan fingerprint density at radius 1 is 0.403 bits per heavy atom. The van der Waals surface area contributed by atoms with E-state index in [0.717, 1.165) is 20.1 Å². The number of ether oxygens (including phenoxy) is 2. The molecule has 0 aliphatic carbocycles. The quantitative estimate of drug-likeness (QED) is 0.0638. The van der Waals surface area contributed by atoms with Crippen LogP contribution in [0.1, 0.15) is 142 Å². The van der Waals surface area contributed by atoms with E-state index < -0.39 is 0 Å². The van der Waals surface area contributed by atoms with Crippen molar-refractivity contribution < 1.29 is 9.47 Å². The van der Waals surface area contributed by atoms with Crippen molar-refractivity contribution in [3.8, 4) is 0 Å². The molecule has 4 aliphatic rings. The summed E-state index contributed by atoms with van der Waals surface area (Å²) in [5, 5.41) is 4.61. The average molecular weight is 1190 g/mol. The fourth-order valence-corrected chi connectivity index (χ4v) is 24.0. The predicted octanol–water partition coefficient (Wildman–Crippen LogP) is 21.6. The van der Waals surface area contributed by atoms with Crippen LogP contribution in [0.4, 0.5) is 0 Å². The van der Waals surface area contributed by atoms with Crippen LogP contribution in [0.25, 0.3) is 0 Å². The molecule has 0 amide bonds. The summed E-state index contributed by atoms with van der Waals surface area (Å²) >= 11 is 31.5. The second kappa shape index (κ2) is 33.3. The molecule has 0 N–H and O–H groups in total. The van der Waals surface area contributed by atoms with Crippen LogP contribution in [-0.4, -0.2) is 36.2 Å². The Kier molecular flexibility index (Phi) is 29.9. The third-order valence-corrected chi connectivity index (χ3v) is 28.7. The summed E-state index contributed by atoms with van der Waals surface area (Å²) in [6.07, 6.45) is 21.2. The standard InChI is InChI=1S/C46H64Br2O2S12/c1-5-9-13-17-21-51-39-40(52-22-18-14-10-6-2)60-45(59-39)43-55-31-35(57-43)29-49-27-33-25-37(47)38(48)26-34(33)28-50-30-36-32-56-44(58-36)46-61-41(53-23-19-15-11-7-3)42(62-46)54-24-20-16-12-8-4/h25-26,31-32H,5-24,27-30H2,1-4H3. The van der Waals surface area contributed by atoms with Crippen molar-refractivity contribution in [3.05, 3.63) is 86.7 Å². The van der Waals surface area contributed by atoms with Gasteiger partial charge in [-0.3, -0.25) is 0 Å². The minimum atomic E-state index is 0.546.